The highest BCUT2D eigenvalue weighted by Crippen LogP contribution is 2.21. The van der Waals surface area contributed by atoms with Gasteiger partial charge in [0.15, 0.2) is 5.65 Å². The molecule has 0 aliphatic rings. The van der Waals surface area contributed by atoms with Gasteiger partial charge in [-0.15, -0.1) is 0 Å². The van der Waals surface area contributed by atoms with Gasteiger partial charge >= 0.3 is 0 Å². The number of methoxy groups -OCH3 is 1. The first-order chi connectivity index (χ1) is 9.79. The number of carbonyl (C=O) groups excluding carboxylic acids is 1. The Hall–Kier alpha value is -2.96. The zero-order chi connectivity index (χ0) is 13.9. The molecule has 0 fully saturated rings. The fourth-order valence-electron chi connectivity index (χ4n) is 1.87. The van der Waals surface area contributed by atoms with E-state index in [1.54, 1.807) is 30.5 Å². The highest BCUT2D eigenvalue weighted by Gasteiger charge is 2.14. The molecule has 100 valence electrons. The van der Waals surface area contributed by atoms with Crippen LogP contribution in [0.5, 0.6) is 5.75 Å². The van der Waals surface area contributed by atoms with E-state index in [1.165, 1.54) is 13.4 Å². The first kappa shape index (κ1) is 12.1. The second-order valence-corrected chi connectivity index (χ2v) is 4.01. The van der Waals surface area contributed by atoms with Crippen molar-refractivity contribution in [2.24, 2.45) is 0 Å². The summed E-state index contributed by atoms with van der Waals surface area (Å²) in [5.74, 6) is 0.603. The van der Waals surface area contributed by atoms with Crippen LogP contribution in [-0.2, 0) is 0 Å². The molecule has 1 amide bonds. The van der Waals surface area contributed by atoms with Crippen molar-refractivity contribution in [1.29, 1.82) is 0 Å². The molecule has 0 unspecified atom stereocenters. The lowest BCUT2D eigenvalue weighted by Gasteiger charge is -2.08. The summed E-state index contributed by atoms with van der Waals surface area (Å²) >= 11 is 0. The number of amides is 1. The second-order valence-electron chi connectivity index (χ2n) is 4.01. The molecule has 0 spiro atoms. The summed E-state index contributed by atoms with van der Waals surface area (Å²) in [5, 5.41) is 9.97. The third kappa shape index (κ3) is 2.05. The monoisotopic (exact) mass is 269 g/mol. The van der Waals surface area contributed by atoms with Crippen LogP contribution in [0.1, 0.15) is 10.4 Å². The highest BCUT2D eigenvalue weighted by molar-refractivity contribution is 6.08. The fourth-order valence-corrected chi connectivity index (χ4v) is 1.87. The quantitative estimate of drug-likeness (QED) is 0.753. The lowest BCUT2D eigenvalue weighted by Crippen LogP contribution is -2.14. The van der Waals surface area contributed by atoms with E-state index in [4.69, 9.17) is 4.74 Å². The molecule has 3 rings (SSSR count). The lowest BCUT2D eigenvalue weighted by atomic mass is 10.2. The summed E-state index contributed by atoms with van der Waals surface area (Å²) in [7, 11) is 1.52. The van der Waals surface area contributed by atoms with Crippen molar-refractivity contribution in [1.82, 2.24) is 20.2 Å². The minimum Gasteiger partial charge on any atom is -0.496 e. The van der Waals surface area contributed by atoms with Crippen LogP contribution in [0, 0.1) is 0 Å². The Labute approximate surface area is 114 Å². The van der Waals surface area contributed by atoms with Gasteiger partial charge < -0.3 is 10.1 Å². The minimum absolute atomic E-state index is 0.302. The van der Waals surface area contributed by atoms with Crippen molar-refractivity contribution in [2.75, 3.05) is 12.4 Å². The third-order valence-corrected chi connectivity index (χ3v) is 2.83. The van der Waals surface area contributed by atoms with Crippen LogP contribution in [-0.4, -0.2) is 33.2 Å². The Morgan fingerprint density at radius 3 is 3.00 bits per heavy atom. The number of aromatic amines is 1. The van der Waals surface area contributed by atoms with Gasteiger partial charge in [0.05, 0.1) is 24.3 Å². The maximum Gasteiger partial charge on any atom is 0.260 e. The smallest absolute Gasteiger partial charge is 0.260 e. The molecule has 2 heterocycles. The van der Waals surface area contributed by atoms with Crippen molar-refractivity contribution >= 4 is 22.8 Å². The van der Waals surface area contributed by atoms with Crippen molar-refractivity contribution in [3.05, 3.63) is 42.4 Å². The van der Waals surface area contributed by atoms with Gasteiger partial charge in [0, 0.05) is 0 Å². The zero-order valence-corrected chi connectivity index (χ0v) is 10.6. The van der Waals surface area contributed by atoms with Gasteiger partial charge in [-0.05, 0) is 12.1 Å². The Morgan fingerprint density at radius 1 is 1.30 bits per heavy atom. The predicted molar refractivity (Wildman–Crippen MR) is 72.6 cm³/mol. The number of nitrogens with one attached hydrogen (secondary N) is 2. The van der Waals surface area contributed by atoms with Gasteiger partial charge in [-0.25, -0.2) is 9.97 Å². The first-order valence-corrected chi connectivity index (χ1v) is 5.88. The Balaban J connectivity index is 1.95. The number of carbonyl (C=O) groups is 1. The van der Waals surface area contributed by atoms with Gasteiger partial charge in [0.25, 0.3) is 5.91 Å². The molecule has 7 nitrogen and oxygen atoms in total. The van der Waals surface area contributed by atoms with Crippen LogP contribution in [0.2, 0.25) is 0 Å². The summed E-state index contributed by atoms with van der Waals surface area (Å²) in [6, 6.07) is 6.98. The lowest BCUT2D eigenvalue weighted by molar-refractivity contribution is 0.102. The summed E-state index contributed by atoms with van der Waals surface area (Å²) in [6.07, 6.45) is 2.92. The molecule has 7 heteroatoms. The molecular formula is C13H11N5O2. The van der Waals surface area contributed by atoms with E-state index in [0.29, 0.717) is 28.2 Å². The molecule has 3 aromatic rings. The number of anilines is 1. The van der Waals surface area contributed by atoms with Crippen LogP contribution in [0.3, 0.4) is 0 Å². The molecule has 0 atom stereocenters. The van der Waals surface area contributed by atoms with Gasteiger partial charge in [0.1, 0.15) is 17.9 Å². The van der Waals surface area contributed by atoms with E-state index in [-0.39, 0.29) is 5.91 Å². The molecule has 0 radical (unpaired) electrons. The number of para-hydroxylation sites is 1. The average molecular weight is 269 g/mol. The number of H-pyrrole nitrogens is 1. The normalized spacial score (nSPS) is 10.4. The number of fused-ring (bicyclic) bond motifs is 1. The molecule has 0 saturated heterocycles. The minimum atomic E-state index is -0.302. The highest BCUT2D eigenvalue weighted by atomic mass is 16.5. The van der Waals surface area contributed by atoms with Gasteiger partial charge in [0.2, 0.25) is 0 Å². The number of ether oxygens (including phenoxy) is 1. The van der Waals surface area contributed by atoms with Crippen molar-refractivity contribution in [3.63, 3.8) is 0 Å². The molecule has 1 aromatic carbocycles. The van der Waals surface area contributed by atoms with E-state index in [0.717, 1.165) is 0 Å². The van der Waals surface area contributed by atoms with E-state index in [1.807, 2.05) is 0 Å². The topological polar surface area (TPSA) is 92.8 Å². The number of hydrogen-bond acceptors (Lipinski definition) is 5. The van der Waals surface area contributed by atoms with Gasteiger partial charge in [-0.2, -0.15) is 5.10 Å². The van der Waals surface area contributed by atoms with Gasteiger partial charge in [-0.1, -0.05) is 12.1 Å². The van der Waals surface area contributed by atoms with Crippen LogP contribution in [0.25, 0.3) is 11.0 Å². The van der Waals surface area contributed by atoms with E-state index in [9.17, 15) is 4.79 Å². The maximum atomic E-state index is 12.3. The van der Waals surface area contributed by atoms with E-state index in [2.05, 4.69) is 25.5 Å². The number of nitrogens with zero attached hydrogens (tertiary/aromatic N) is 3. The zero-order valence-electron chi connectivity index (χ0n) is 10.6. The molecule has 2 aromatic heterocycles. The SMILES string of the molecule is COc1ccccc1C(=O)Nc1ncnc2[nH]ncc12. The van der Waals surface area contributed by atoms with Crippen molar-refractivity contribution < 1.29 is 9.53 Å². The van der Waals surface area contributed by atoms with Crippen LogP contribution in [0.4, 0.5) is 5.82 Å². The third-order valence-electron chi connectivity index (χ3n) is 2.83. The van der Waals surface area contributed by atoms with E-state index < -0.39 is 0 Å². The molecule has 2 N–H and O–H groups in total. The molecular weight excluding hydrogens is 258 g/mol. The first-order valence-electron chi connectivity index (χ1n) is 5.88. The number of rotatable bonds is 3. The van der Waals surface area contributed by atoms with E-state index >= 15 is 0 Å². The predicted octanol–water partition coefficient (Wildman–Crippen LogP) is 1.61. The summed E-state index contributed by atoms with van der Waals surface area (Å²) < 4.78 is 5.16. The molecule has 20 heavy (non-hydrogen) atoms. The Morgan fingerprint density at radius 2 is 2.15 bits per heavy atom. The largest absolute Gasteiger partial charge is 0.496 e. The fraction of sp³-hybridized carbons (Fsp3) is 0.0769. The molecule has 0 bridgehead atoms. The Kier molecular flexibility index (Phi) is 3.00. The number of hydrogen-bond donors (Lipinski definition) is 2. The summed E-state index contributed by atoms with van der Waals surface area (Å²) in [5.41, 5.74) is 1.00. The van der Waals surface area contributed by atoms with Crippen molar-refractivity contribution in [3.8, 4) is 5.75 Å². The Bertz CT molecular complexity index is 768. The molecule has 0 saturated carbocycles. The molecule has 0 aliphatic heterocycles. The summed E-state index contributed by atoms with van der Waals surface area (Å²) in [6.45, 7) is 0. The molecule has 0 aliphatic carbocycles. The standard InChI is InChI=1S/C13H11N5O2/c1-20-10-5-3-2-4-8(10)13(19)17-11-9-6-16-18-12(9)15-7-14-11/h2-7H,1H3,(H2,14,15,16,17,18,19). The van der Waals surface area contributed by atoms with Gasteiger partial charge in [-0.3, -0.25) is 9.89 Å². The van der Waals surface area contributed by atoms with Crippen molar-refractivity contribution in [2.45, 2.75) is 0 Å². The van der Waals surface area contributed by atoms with Crippen LogP contribution >= 0.6 is 0 Å². The van der Waals surface area contributed by atoms with Crippen LogP contribution in [0.15, 0.2) is 36.8 Å². The van der Waals surface area contributed by atoms with Crippen LogP contribution < -0.4 is 10.1 Å². The number of benzene rings is 1. The number of aromatic nitrogens is 4. The second kappa shape index (κ2) is 4.96. The average Bonchev–Trinajstić information content (AvgIpc) is 2.96. The maximum absolute atomic E-state index is 12.3. The summed E-state index contributed by atoms with van der Waals surface area (Å²) in [4.78, 5) is 20.3.